The van der Waals surface area contributed by atoms with E-state index in [0.717, 1.165) is 16.8 Å². The summed E-state index contributed by atoms with van der Waals surface area (Å²) in [7, 11) is 0. The molecule has 1 N–H and O–H groups in total. The maximum Gasteiger partial charge on any atom is 0.129 e. The Morgan fingerprint density at radius 1 is 1.17 bits per heavy atom. The third-order valence-electron chi connectivity index (χ3n) is 2.94. The van der Waals surface area contributed by atoms with Gasteiger partial charge in [-0.1, -0.05) is 12.1 Å². The van der Waals surface area contributed by atoms with Crippen molar-refractivity contribution in [3.63, 3.8) is 0 Å². The van der Waals surface area contributed by atoms with Gasteiger partial charge in [-0.15, -0.1) is 0 Å². The highest BCUT2D eigenvalue weighted by atomic mass is 19.1. The van der Waals surface area contributed by atoms with E-state index in [1.165, 1.54) is 6.07 Å². The van der Waals surface area contributed by atoms with E-state index in [9.17, 15) is 9.50 Å². The van der Waals surface area contributed by atoms with Crippen LogP contribution in [0.3, 0.4) is 0 Å². The number of rotatable bonds is 2. The molecule has 1 atom stereocenters. The molecule has 18 heavy (non-hydrogen) atoms. The minimum Gasteiger partial charge on any atom is -0.382 e. The molecule has 0 aliphatic heterocycles. The number of hydrogen-bond acceptors (Lipinski definition) is 2. The lowest BCUT2D eigenvalue weighted by Crippen LogP contribution is -2.08. The highest BCUT2D eigenvalue weighted by Gasteiger charge is 2.19. The molecule has 0 saturated carbocycles. The Kier molecular flexibility index (Phi) is 3.43. The first-order chi connectivity index (χ1) is 8.49. The van der Waals surface area contributed by atoms with Gasteiger partial charge < -0.3 is 5.11 Å². The highest BCUT2D eigenvalue weighted by Crippen LogP contribution is 2.27. The minimum absolute atomic E-state index is 0.304. The van der Waals surface area contributed by atoms with Crippen LogP contribution in [0.2, 0.25) is 0 Å². The molecular formula is C15H16FNO. The number of aliphatic hydroxyl groups excluding tert-OH is 1. The second-order valence-corrected chi connectivity index (χ2v) is 4.58. The summed E-state index contributed by atoms with van der Waals surface area (Å²) in [4.78, 5) is 4.24. The summed E-state index contributed by atoms with van der Waals surface area (Å²) in [6, 6.07) is 8.64. The molecule has 2 nitrogen and oxygen atoms in total. The molecule has 0 aliphatic carbocycles. The number of benzene rings is 1. The first-order valence-corrected chi connectivity index (χ1v) is 5.87. The van der Waals surface area contributed by atoms with Gasteiger partial charge in [-0.2, -0.15) is 0 Å². The normalized spacial score (nSPS) is 12.5. The van der Waals surface area contributed by atoms with Gasteiger partial charge in [0.1, 0.15) is 11.9 Å². The number of aliphatic hydroxyl groups is 1. The summed E-state index contributed by atoms with van der Waals surface area (Å²) in [6.07, 6.45) is -1.02. The van der Waals surface area contributed by atoms with Crippen LogP contribution in [0.5, 0.6) is 0 Å². The van der Waals surface area contributed by atoms with E-state index >= 15 is 0 Å². The average molecular weight is 245 g/mol. The van der Waals surface area contributed by atoms with Gasteiger partial charge in [-0.05, 0) is 50.1 Å². The fourth-order valence-electron chi connectivity index (χ4n) is 2.14. The van der Waals surface area contributed by atoms with Crippen molar-refractivity contribution < 1.29 is 9.50 Å². The molecule has 1 heterocycles. The minimum atomic E-state index is -1.02. The Balaban J connectivity index is 2.49. The van der Waals surface area contributed by atoms with E-state index in [1.54, 1.807) is 13.0 Å². The standard InChI is InChI=1S/C15H16FNO/c1-9-7-10(2)14(12(16)8-9)15(18)13-6-4-5-11(3)17-13/h4-8,15,18H,1-3H3. The Morgan fingerprint density at radius 3 is 2.50 bits per heavy atom. The fraction of sp³-hybridized carbons (Fsp3) is 0.267. The van der Waals surface area contributed by atoms with E-state index in [4.69, 9.17) is 0 Å². The molecule has 0 bridgehead atoms. The van der Waals surface area contributed by atoms with Crippen LogP contribution in [0.4, 0.5) is 4.39 Å². The van der Waals surface area contributed by atoms with Crippen molar-refractivity contribution in [3.8, 4) is 0 Å². The molecule has 0 saturated heterocycles. The zero-order valence-electron chi connectivity index (χ0n) is 10.7. The van der Waals surface area contributed by atoms with Crippen molar-refractivity contribution in [1.82, 2.24) is 4.98 Å². The predicted molar refractivity (Wildman–Crippen MR) is 68.9 cm³/mol. The molecule has 0 radical (unpaired) electrons. The zero-order chi connectivity index (χ0) is 13.3. The van der Waals surface area contributed by atoms with Crippen molar-refractivity contribution in [2.45, 2.75) is 26.9 Å². The van der Waals surface area contributed by atoms with E-state index in [1.807, 2.05) is 32.0 Å². The highest BCUT2D eigenvalue weighted by molar-refractivity contribution is 5.37. The number of halogens is 1. The zero-order valence-corrected chi connectivity index (χ0v) is 10.7. The topological polar surface area (TPSA) is 33.1 Å². The summed E-state index contributed by atoms with van der Waals surface area (Å²) < 4.78 is 14.0. The molecule has 3 heteroatoms. The maximum atomic E-state index is 14.0. The Morgan fingerprint density at radius 2 is 1.89 bits per heavy atom. The Labute approximate surface area is 106 Å². The van der Waals surface area contributed by atoms with Crippen LogP contribution in [0.15, 0.2) is 30.3 Å². The lowest BCUT2D eigenvalue weighted by molar-refractivity contribution is 0.209. The molecule has 1 aromatic carbocycles. The number of aromatic nitrogens is 1. The monoisotopic (exact) mass is 245 g/mol. The molecule has 1 unspecified atom stereocenters. The van der Waals surface area contributed by atoms with Crippen LogP contribution in [-0.2, 0) is 0 Å². The molecule has 2 rings (SSSR count). The van der Waals surface area contributed by atoms with Gasteiger partial charge in [0.15, 0.2) is 0 Å². The molecule has 0 aliphatic rings. The quantitative estimate of drug-likeness (QED) is 0.881. The number of aryl methyl sites for hydroxylation is 3. The van der Waals surface area contributed by atoms with Crippen LogP contribution in [-0.4, -0.2) is 10.1 Å². The van der Waals surface area contributed by atoms with Gasteiger partial charge in [-0.3, -0.25) is 4.98 Å². The number of pyridine rings is 1. The summed E-state index contributed by atoms with van der Waals surface area (Å²) in [5.41, 5.74) is 3.16. The molecule has 2 aromatic rings. The molecular weight excluding hydrogens is 229 g/mol. The van der Waals surface area contributed by atoms with Gasteiger partial charge in [-0.25, -0.2) is 4.39 Å². The van der Waals surface area contributed by atoms with Crippen molar-refractivity contribution in [3.05, 3.63) is 64.2 Å². The van der Waals surface area contributed by atoms with Gasteiger partial charge in [0, 0.05) is 11.3 Å². The lowest BCUT2D eigenvalue weighted by Gasteiger charge is -2.15. The third-order valence-corrected chi connectivity index (χ3v) is 2.94. The average Bonchev–Trinajstić information content (AvgIpc) is 2.27. The summed E-state index contributed by atoms with van der Waals surface area (Å²) in [6.45, 7) is 5.47. The SMILES string of the molecule is Cc1cc(C)c(C(O)c2cccc(C)n2)c(F)c1. The maximum absolute atomic E-state index is 14.0. The van der Waals surface area contributed by atoms with Crippen LogP contribution >= 0.6 is 0 Å². The van der Waals surface area contributed by atoms with Crippen molar-refractivity contribution in [2.75, 3.05) is 0 Å². The molecule has 1 aromatic heterocycles. The summed E-state index contributed by atoms with van der Waals surface area (Å²) >= 11 is 0. The molecule has 0 fully saturated rings. The molecule has 0 amide bonds. The van der Waals surface area contributed by atoms with Crippen LogP contribution in [0.25, 0.3) is 0 Å². The molecule has 94 valence electrons. The molecule has 0 spiro atoms. The smallest absolute Gasteiger partial charge is 0.129 e. The van der Waals surface area contributed by atoms with E-state index < -0.39 is 6.10 Å². The third kappa shape index (κ3) is 2.41. The Hall–Kier alpha value is -1.74. The van der Waals surface area contributed by atoms with E-state index in [-0.39, 0.29) is 5.82 Å². The van der Waals surface area contributed by atoms with Crippen LogP contribution < -0.4 is 0 Å². The van der Waals surface area contributed by atoms with E-state index in [0.29, 0.717) is 11.3 Å². The number of hydrogen-bond donors (Lipinski definition) is 1. The van der Waals surface area contributed by atoms with E-state index in [2.05, 4.69) is 4.98 Å². The van der Waals surface area contributed by atoms with Gasteiger partial charge in [0.25, 0.3) is 0 Å². The number of nitrogens with zero attached hydrogens (tertiary/aromatic N) is 1. The summed E-state index contributed by atoms with van der Waals surface area (Å²) in [5.74, 6) is -0.386. The first-order valence-electron chi connectivity index (χ1n) is 5.87. The fourth-order valence-corrected chi connectivity index (χ4v) is 2.14. The van der Waals surface area contributed by atoms with Crippen LogP contribution in [0, 0.1) is 26.6 Å². The summed E-state index contributed by atoms with van der Waals surface area (Å²) in [5, 5.41) is 10.3. The van der Waals surface area contributed by atoms with Crippen LogP contribution in [0.1, 0.15) is 34.2 Å². The predicted octanol–water partition coefficient (Wildman–Crippen LogP) is 3.23. The lowest BCUT2D eigenvalue weighted by atomic mass is 9.98. The van der Waals surface area contributed by atoms with Crippen molar-refractivity contribution in [2.24, 2.45) is 0 Å². The van der Waals surface area contributed by atoms with Crippen molar-refractivity contribution in [1.29, 1.82) is 0 Å². The van der Waals surface area contributed by atoms with Crippen molar-refractivity contribution >= 4 is 0 Å². The van der Waals surface area contributed by atoms with Gasteiger partial charge >= 0.3 is 0 Å². The second-order valence-electron chi connectivity index (χ2n) is 4.58. The second kappa shape index (κ2) is 4.86. The van der Waals surface area contributed by atoms with Gasteiger partial charge in [0.05, 0.1) is 5.69 Å². The first kappa shape index (κ1) is 12.7. The van der Waals surface area contributed by atoms with Gasteiger partial charge in [0.2, 0.25) is 0 Å². The Bertz CT molecular complexity index is 557. The largest absolute Gasteiger partial charge is 0.382 e.